The molecule has 0 spiro atoms. The van der Waals surface area contributed by atoms with Crippen LogP contribution in [0.5, 0.6) is 0 Å². The van der Waals surface area contributed by atoms with E-state index in [2.05, 4.69) is 21.2 Å². The molecular weight excluding hydrogens is 313 g/mol. The van der Waals surface area contributed by atoms with E-state index in [-0.39, 0.29) is 5.56 Å². The van der Waals surface area contributed by atoms with Gasteiger partial charge in [-0.2, -0.15) is 0 Å². The second kappa shape index (κ2) is 6.45. The van der Waals surface area contributed by atoms with Crippen molar-refractivity contribution < 1.29 is 14.0 Å². The van der Waals surface area contributed by atoms with Gasteiger partial charge in [-0.15, -0.1) is 5.10 Å². The Balaban J connectivity index is 1.68. The highest BCUT2D eigenvalue weighted by molar-refractivity contribution is 6.00. The van der Waals surface area contributed by atoms with Crippen molar-refractivity contribution >= 4 is 22.8 Å². The van der Waals surface area contributed by atoms with Gasteiger partial charge in [-0.25, -0.2) is 9.07 Å². The van der Waals surface area contributed by atoms with E-state index in [1.54, 1.807) is 22.9 Å². The van der Waals surface area contributed by atoms with E-state index in [9.17, 15) is 14.0 Å². The third-order valence-electron chi connectivity index (χ3n) is 3.47. The summed E-state index contributed by atoms with van der Waals surface area (Å²) in [6, 6.07) is 9.95. The van der Waals surface area contributed by atoms with Crippen molar-refractivity contribution in [3.63, 3.8) is 0 Å². The average molecular weight is 327 g/mol. The Morgan fingerprint density at radius 2 is 1.67 bits per heavy atom. The van der Waals surface area contributed by atoms with Crippen molar-refractivity contribution in [2.24, 2.45) is 0 Å². The Hall–Kier alpha value is -3.29. The Bertz CT molecular complexity index is 904. The van der Waals surface area contributed by atoms with E-state index in [1.165, 1.54) is 24.3 Å². The van der Waals surface area contributed by atoms with Gasteiger partial charge in [0.25, 0.3) is 11.8 Å². The predicted molar refractivity (Wildman–Crippen MR) is 84.5 cm³/mol. The van der Waals surface area contributed by atoms with Crippen molar-refractivity contribution in [3.8, 4) is 0 Å². The molecule has 2 aromatic carbocycles. The van der Waals surface area contributed by atoms with E-state index >= 15 is 0 Å². The minimum atomic E-state index is -0.540. The van der Waals surface area contributed by atoms with Gasteiger partial charge in [0.05, 0.1) is 5.52 Å². The monoisotopic (exact) mass is 327 g/mol. The molecule has 8 heteroatoms. The molecule has 0 saturated carbocycles. The summed E-state index contributed by atoms with van der Waals surface area (Å²) in [5.41, 5.74) is 6.58. The number of halogens is 1. The fourth-order valence-corrected chi connectivity index (χ4v) is 2.21. The Kier molecular flexibility index (Phi) is 4.19. The zero-order chi connectivity index (χ0) is 17.1. The summed E-state index contributed by atoms with van der Waals surface area (Å²) < 4.78 is 14.5. The molecule has 7 nitrogen and oxygen atoms in total. The molecule has 0 bridgehead atoms. The number of hydrazine groups is 1. The van der Waals surface area contributed by atoms with Crippen LogP contribution in [0, 0.1) is 5.82 Å². The molecule has 0 saturated heterocycles. The van der Waals surface area contributed by atoms with E-state index in [4.69, 9.17) is 0 Å². The number of carbonyl (C=O) groups is 2. The van der Waals surface area contributed by atoms with Crippen LogP contribution in [0.4, 0.5) is 4.39 Å². The van der Waals surface area contributed by atoms with Crippen molar-refractivity contribution in [1.82, 2.24) is 25.8 Å². The molecule has 1 heterocycles. The van der Waals surface area contributed by atoms with Crippen LogP contribution in [0.2, 0.25) is 0 Å². The lowest BCUT2D eigenvalue weighted by Gasteiger charge is -2.07. The first kappa shape index (κ1) is 15.6. The summed E-state index contributed by atoms with van der Waals surface area (Å²) in [5, 5.41) is 7.96. The van der Waals surface area contributed by atoms with E-state index < -0.39 is 17.6 Å². The molecule has 0 atom stereocenters. The SMILES string of the molecule is CCn1nnc2cc(C(=O)NNC(=O)c3ccc(F)cc3)ccc21. The van der Waals surface area contributed by atoms with Gasteiger partial charge in [0, 0.05) is 17.7 Å². The molecule has 122 valence electrons. The van der Waals surface area contributed by atoms with Crippen LogP contribution in [0.3, 0.4) is 0 Å². The second-order valence-electron chi connectivity index (χ2n) is 5.02. The quantitative estimate of drug-likeness (QED) is 0.716. The van der Waals surface area contributed by atoms with E-state index in [1.807, 2.05) is 6.92 Å². The van der Waals surface area contributed by atoms with Crippen LogP contribution in [0.15, 0.2) is 42.5 Å². The van der Waals surface area contributed by atoms with Crippen molar-refractivity contribution in [2.45, 2.75) is 13.5 Å². The number of hydrogen-bond donors (Lipinski definition) is 2. The molecule has 3 rings (SSSR count). The first-order valence-corrected chi connectivity index (χ1v) is 7.28. The lowest BCUT2D eigenvalue weighted by molar-refractivity contribution is 0.0846. The molecule has 0 radical (unpaired) electrons. The summed E-state index contributed by atoms with van der Waals surface area (Å²) in [6.07, 6.45) is 0. The van der Waals surface area contributed by atoms with Gasteiger partial charge in [-0.3, -0.25) is 20.4 Å². The van der Waals surface area contributed by atoms with Crippen molar-refractivity contribution in [1.29, 1.82) is 0 Å². The number of nitrogens with zero attached hydrogens (tertiary/aromatic N) is 3. The van der Waals surface area contributed by atoms with Crippen LogP contribution in [0.25, 0.3) is 11.0 Å². The van der Waals surface area contributed by atoms with Gasteiger partial charge in [0.15, 0.2) is 0 Å². The number of aryl methyl sites for hydroxylation is 1. The number of aromatic nitrogens is 3. The summed E-state index contributed by atoms with van der Waals surface area (Å²) in [4.78, 5) is 24.0. The largest absolute Gasteiger partial charge is 0.269 e. The molecule has 24 heavy (non-hydrogen) atoms. The molecular formula is C16H14FN5O2. The van der Waals surface area contributed by atoms with Crippen LogP contribution in [0.1, 0.15) is 27.6 Å². The number of hydrogen-bond acceptors (Lipinski definition) is 4. The highest BCUT2D eigenvalue weighted by Gasteiger charge is 2.11. The number of fused-ring (bicyclic) bond motifs is 1. The zero-order valence-corrected chi connectivity index (χ0v) is 12.8. The first-order valence-electron chi connectivity index (χ1n) is 7.28. The lowest BCUT2D eigenvalue weighted by atomic mass is 10.2. The van der Waals surface area contributed by atoms with Crippen molar-refractivity contribution in [2.75, 3.05) is 0 Å². The van der Waals surface area contributed by atoms with Gasteiger partial charge < -0.3 is 0 Å². The minimum Gasteiger partial charge on any atom is -0.267 e. The first-order chi connectivity index (χ1) is 11.6. The molecule has 1 aromatic heterocycles. The summed E-state index contributed by atoms with van der Waals surface area (Å²) >= 11 is 0. The number of amides is 2. The molecule has 3 aromatic rings. The maximum absolute atomic E-state index is 12.8. The van der Waals surface area contributed by atoms with E-state index in [0.717, 1.165) is 5.52 Å². The molecule has 0 aliphatic rings. The second-order valence-corrected chi connectivity index (χ2v) is 5.02. The number of rotatable bonds is 3. The topological polar surface area (TPSA) is 88.9 Å². The predicted octanol–water partition coefficient (Wildman–Crippen LogP) is 1.67. The minimum absolute atomic E-state index is 0.234. The summed E-state index contributed by atoms with van der Waals surface area (Å²) in [7, 11) is 0. The third kappa shape index (κ3) is 3.07. The summed E-state index contributed by atoms with van der Waals surface area (Å²) in [5.74, 6) is -1.47. The third-order valence-corrected chi connectivity index (χ3v) is 3.47. The molecule has 2 amide bonds. The smallest absolute Gasteiger partial charge is 0.267 e. The van der Waals surface area contributed by atoms with Crippen LogP contribution < -0.4 is 10.9 Å². The number of nitrogens with one attached hydrogen (secondary N) is 2. The fraction of sp³-hybridized carbons (Fsp3) is 0.125. The molecule has 0 aliphatic carbocycles. The van der Waals surface area contributed by atoms with Gasteiger partial charge in [0.1, 0.15) is 11.3 Å². The highest BCUT2D eigenvalue weighted by Crippen LogP contribution is 2.13. The maximum atomic E-state index is 12.8. The van der Waals surface area contributed by atoms with Gasteiger partial charge >= 0.3 is 0 Å². The molecule has 0 aliphatic heterocycles. The fourth-order valence-electron chi connectivity index (χ4n) is 2.21. The zero-order valence-electron chi connectivity index (χ0n) is 12.8. The lowest BCUT2D eigenvalue weighted by Crippen LogP contribution is -2.41. The highest BCUT2D eigenvalue weighted by atomic mass is 19.1. The number of carbonyl (C=O) groups excluding carboxylic acids is 2. The standard InChI is InChI=1S/C16H14FN5O2/c1-2-22-14-8-5-11(9-13(14)18-21-22)16(24)20-19-15(23)10-3-6-12(17)7-4-10/h3-9H,2H2,1H3,(H,19,23)(H,20,24). The molecule has 2 N–H and O–H groups in total. The van der Waals surface area contributed by atoms with Crippen LogP contribution >= 0.6 is 0 Å². The average Bonchev–Trinajstić information content (AvgIpc) is 3.02. The van der Waals surface area contributed by atoms with Gasteiger partial charge in [-0.05, 0) is 49.4 Å². The molecule has 0 fully saturated rings. The van der Waals surface area contributed by atoms with Gasteiger partial charge in [-0.1, -0.05) is 5.21 Å². The van der Waals surface area contributed by atoms with E-state index in [0.29, 0.717) is 17.6 Å². The maximum Gasteiger partial charge on any atom is 0.269 e. The molecule has 0 unspecified atom stereocenters. The van der Waals surface area contributed by atoms with Crippen LogP contribution in [-0.2, 0) is 6.54 Å². The van der Waals surface area contributed by atoms with Crippen LogP contribution in [-0.4, -0.2) is 26.8 Å². The number of benzene rings is 2. The summed E-state index contributed by atoms with van der Waals surface area (Å²) in [6.45, 7) is 2.62. The van der Waals surface area contributed by atoms with Crippen molar-refractivity contribution in [3.05, 3.63) is 59.4 Å². The Morgan fingerprint density at radius 3 is 2.33 bits per heavy atom. The Labute approximate surface area is 136 Å². The normalized spacial score (nSPS) is 10.6. The van der Waals surface area contributed by atoms with Gasteiger partial charge in [0.2, 0.25) is 0 Å². The Morgan fingerprint density at radius 1 is 1.04 bits per heavy atom.